The quantitative estimate of drug-likeness (QED) is 0.852. The minimum Gasteiger partial charge on any atom is -0.489 e. The van der Waals surface area contributed by atoms with Crippen LogP contribution in [0.4, 0.5) is 14.5 Å². The van der Waals surface area contributed by atoms with Crippen LogP contribution in [0.2, 0.25) is 0 Å². The molecule has 2 aromatic carbocycles. The van der Waals surface area contributed by atoms with Gasteiger partial charge in [-0.3, -0.25) is 4.79 Å². The molecule has 1 N–H and O–H groups in total. The summed E-state index contributed by atoms with van der Waals surface area (Å²) in [6, 6.07) is 7.87. The molecule has 0 aliphatic carbocycles. The fraction of sp³-hybridized carbons (Fsp3) is 0.176. The molecule has 0 heterocycles. The lowest BCUT2D eigenvalue weighted by Crippen LogP contribution is -2.12. The van der Waals surface area contributed by atoms with Gasteiger partial charge in [-0.05, 0) is 35.9 Å². The Kier molecular flexibility index (Phi) is 5.47. The highest BCUT2D eigenvalue weighted by Crippen LogP contribution is 2.24. The SMILES string of the molecule is COC(=O)c1cc(OCc2ccc(F)c(F)c2)ccc1NC(C)=O. The van der Waals surface area contributed by atoms with E-state index in [2.05, 4.69) is 10.1 Å². The predicted octanol–water partition coefficient (Wildman–Crippen LogP) is 3.29. The number of methoxy groups -OCH3 is 1. The molecule has 0 spiro atoms. The van der Waals surface area contributed by atoms with Crippen molar-refractivity contribution in [3.05, 3.63) is 59.2 Å². The molecular weight excluding hydrogens is 320 g/mol. The Hall–Kier alpha value is -2.96. The molecule has 5 nitrogen and oxygen atoms in total. The van der Waals surface area contributed by atoms with Crippen molar-refractivity contribution in [2.45, 2.75) is 13.5 Å². The Bertz CT molecular complexity index is 777. The summed E-state index contributed by atoms with van der Waals surface area (Å²) in [7, 11) is 1.22. The number of rotatable bonds is 5. The summed E-state index contributed by atoms with van der Waals surface area (Å²) in [5.74, 6) is -2.57. The van der Waals surface area contributed by atoms with Crippen LogP contribution in [0.15, 0.2) is 36.4 Å². The van der Waals surface area contributed by atoms with Crippen LogP contribution in [0.1, 0.15) is 22.8 Å². The van der Waals surface area contributed by atoms with Gasteiger partial charge in [-0.1, -0.05) is 6.07 Å². The third kappa shape index (κ3) is 4.28. The molecule has 0 radical (unpaired) electrons. The Morgan fingerprint density at radius 3 is 2.46 bits per heavy atom. The van der Waals surface area contributed by atoms with Gasteiger partial charge in [-0.2, -0.15) is 0 Å². The Balaban J connectivity index is 2.19. The number of halogens is 2. The molecule has 0 aliphatic heterocycles. The van der Waals surface area contributed by atoms with Crippen molar-refractivity contribution in [2.75, 3.05) is 12.4 Å². The number of benzene rings is 2. The molecule has 2 rings (SSSR count). The van der Waals surface area contributed by atoms with Gasteiger partial charge >= 0.3 is 5.97 Å². The first-order valence-corrected chi connectivity index (χ1v) is 6.97. The average molecular weight is 335 g/mol. The molecule has 0 saturated heterocycles. The topological polar surface area (TPSA) is 64.6 Å². The number of carbonyl (C=O) groups excluding carboxylic acids is 2. The van der Waals surface area contributed by atoms with Crippen LogP contribution >= 0.6 is 0 Å². The predicted molar refractivity (Wildman–Crippen MR) is 82.8 cm³/mol. The molecule has 0 fully saturated rings. The number of esters is 1. The fourth-order valence-electron chi connectivity index (χ4n) is 1.99. The maximum absolute atomic E-state index is 13.2. The summed E-state index contributed by atoms with van der Waals surface area (Å²) in [6.45, 7) is 1.30. The normalized spacial score (nSPS) is 10.2. The Morgan fingerprint density at radius 1 is 1.08 bits per heavy atom. The maximum Gasteiger partial charge on any atom is 0.340 e. The van der Waals surface area contributed by atoms with Crippen molar-refractivity contribution in [3.63, 3.8) is 0 Å². The van der Waals surface area contributed by atoms with Gasteiger partial charge in [0.05, 0.1) is 18.4 Å². The van der Waals surface area contributed by atoms with E-state index in [1.807, 2.05) is 0 Å². The third-order valence-corrected chi connectivity index (χ3v) is 3.10. The number of nitrogens with one attached hydrogen (secondary N) is 1. The molecule has 126 valence electrons. The average Bonchev–Trinajstić information content (AvgIpc) is 2.55. The van der Waals surface area contributed by atoms with E-state index in [9.17, 15) is 18.4 Å². The highest BCUT2D eigenvalue weighted by atomic mass is 19.2. The van der Waals surface area contributed by atoms with Gasteiger partial charge < -0.3 is 14.8 Å². The third-order valence-electron chi connectivity index (χ3n) is 3.10. The lowest BCUT2D eigenvalue weighted by Gasteiger charge is -2.12. The van der Waals surface area contributed by atoms with Crippen LogP contribution < -0.4 is 10.1 Å². The lowest BCUT2D eigenvalue weighted by molar-refractivity contribution is -0.114. The minimum absolute atomic E-state index is 0.0166. The summed E-state index contributed by atoms with van der Waals surface area (Å²) in [5.41, 5.74) is 0.837. The number of hydrogen-bond donors (Lipinski definition) is 1. The largest absolute Gasteiger partial charge is 0.489 e. The van der Waals surface area contributed by atoms with E-state index in [0.717, 1.165) is 12.1 Å². The second-order valence-electron chi connectivity index (χ2n) is 4.92. The van der Waals surface area contributed by atoms with Crippen LogP contribution in [0.3, 0.4) is 0 Å². The molecule has 0 aliphatic rings. The highest BCUT2D eigenvalue weighted by Gasteiger charge is 2.14. The van der Waals surface area contributed by atoms with Crippen molar-refractivity contribution in [2.24, 2.45) is 0 Å². The van der Waals surface area contributed by atoms with Gasteiger partial charge in [0.2, 0.25) is 5.91 Å². The smallest absolute Gasteiger partial charge is 0.340 e. The van der Waals surface area contributed by atoms with E-state index in [4.69, 9.17) is 4.74 Å². The van der Waals surface area contributed by atoms with Crippen LogP contribution in [-0.2, 0) is 16.1 Å². The van der Waals surface area contributed by atoms with E-state index in [0.29, 0.717) is 11.3 Å². The zero-order valence-electron chi connectivity index (χ0n) is 13.1. The first kappa shape index (κ1) is 17.4. The van der Waals surface area contributed by atoms with E-state index in [-0.39, 0.29) is 23.8 Å². The zero-order chi connectivity index (χ0) is 17.7. The minimum atomic E-state index is -0.965. The first-order chi connectivity index (χ1) is 11.4. The van der Waals surface area contributed by atoms with Crippen LogP contribution in [0.25, 0.3) is 0 Å². The van der Waals surface area contributed by atoms with Gasteiger partial charge in [0.25, 0.3) is 0 Å². The van der Waals surface area contributed by atoms with Crippen molar-refractivity contribution in [1.29, 1.82) is 0 Å². The van der Waals surface area contributed by atoms with Crippen molar-refractivity contribution < 1.29 is 27.8 Å². The van der Waals surface area contributed by atoms with Gasteiger partial charge in [0.1, 0.15) is 12.4 Å². The fourth-order valence-corrected chi connectivity index (χ4v) is 1.99. The number of amides is 1. The summed E-state index contributed by atoms with van der Waals surface area (Å²) in [4.78, 5) is 23.0. The van der Waals surface area contributed by atoms with E-state index in [1.54, 1.807) is 0 Å². The van der Waals surface area contributed by atoms with Crippen molar-refractivity contribution >= 4 is 17.6 Å². The number of ether oxygens (including phenoxy) is 2. The molecule has 7 heteroatoms. The second kappa shape index (κ2) is 7.54. The van der Waals surface area contributed by atoms with E-state index >= 15 is 0 Å². The van der Waals surface area contributed by atoms with Gasteiger partial charge in [0.15, 0.2) is 11.6 Å². The molecule has 0 bridgehead atoms. The molecule has 24 heavy (non-hydrogen) atoms. The Labute approximate surface area is 137 Å². The van der Waals surface area contributed by atoms with Gasteiger partial charge in [0, 0.05) is 6.92 Å². The van der Waals surface area contributed by atoms with E-state index in [1.165, 1.54) is 38.3 Å². The number of carbonyl (C=O) groups is 2. The summed E-state index contributed by atoms with van der Waals surface area (Å²) in [5, 5.41) is 2.52. The maximum atomic E-state index is 13.2. The number of anilines is 1. The van der Waals surface area contributed by atoms with Crippen LogP contribution in [-0.4, -0.2) is 19.0 Å². The van der Waals surface area contributed by atoms with Crippen LogP contribution in [0, 0.1) is 11.6 Å². The number of hydrogen-bond acceptors (Lipinski definition) is 4. The zero-order valence-corrected chi connectivity index (χ0v) is 13.1. The second-order valence-corrected chi connectivity index (χ2v) is 4.92. The monoisotopic (exact) mass is 335 g/mol. The van der Waals surface area contributed by atoms with Crippen molar-refractivity contribution in [1.82, 2.24) is 0 Å². The van der Waals surface area contributed by atoms with Gasteiger partial charge in [-0.15, -0.1) is 0 Å². The van der Waals surface area contributed by atoms with Gasteiger partial charge in [-0.25, -0.2) is 13.6 Å². The van der Waals surface area contributed by atoms with Crippen molar-refractivity contribution in [3.8, 4) is 5.75 Å². The molecule has 1 amide bonds. The molecule has 0 unspecified atom stereocenters. The Morgan fingerprint density at radius 2 is 1.83 bits per heavy atom. The lowest BCUT2D eigenvalue weighted by atomic mass is 10.1. The molecule has 0 aromatic heterocycles. The highest BCUT2D eigenvalue weighted by molar-refractivity contribution is 6.01. The molecule has 0 saturated carbocycles. The summed E-state index contributed by atoms with van der Waals surface area (Å²) >= 11 is 0. The molecule has 2 aromatic rings. The molecular formula is C17H15F2NO4. The first-order valence-electron chi connectivity index (χ1n) is 6.97. The molecule has 0 atom stereocenters. The van der Waals surface area contributed by atoms with Crippen LogP contribution in [0.5, 0.6) is 5.75 Å². The summed E-state index contributed by atoms with van der Waals surface area (Å²) in [6.07, 6.45) is 0. The van der Waals surface area contributed by atoms with E-state index < -0.39 is 17.6 Å². The summed E-state index contributed by atoms with van der Waals surface area (Å²) < 4.78 is 36.2. The standard InChI is InChI=1S/C17H15F2NO4/c1-10(21)20-16-6-4-12(8-13(16)17(22)23-2)24-9-11-3-5-14(18)15(19)7-11/h3-8H,9H2,1-2H3,(H,20,21).